The first kappa shape index (κ1) is 16.2. The van der Waals surface area contributed by atoms with E-state index in [4.69, 9.17) is 4.74 Å². The molecule has 124 valence electrons. The smallest absolute Gasteiger partial charge is 0.222 e. The van der Waals surface area contributed by atoms with Gasteiger partial charge in [0.1, 0.15) is 5.82 Å². The van der Waals surface area contributed by atoms with Crippen molar-refractivity contribution in [3.63, 3.8) is 0 Å². The third-order valence-corrected chi connectivity index (χ3v) is 4.92. The molecule has 0 aromatic heterocycles. The van der Waals surface area contributed by atoms with E-state index in [9.17, 15) is 9.18 Å². The topological polar surface area (TPSA) is 29.5 Å². The molecule has 3 nitrogen and oxygen atoms in total. The minimum absolute atomic E-state index is 0.111. The first-order chi connectivity index (χ1) is 11.1. The van der Waals surface area contributed by atoms with Crippen molar-refractivity contribution in [1.29, 1.82) is 0 Å². The summed E-state index contributed by atoms with van der Waals surface area (Å²) in [6, 6.07) is 6.67. The van der Waals surface area contributed by atoms with Crippen molar-refractivity contribution in [2.75, 3.05) is 19.7 Å². The van der Waals surface area contributed by atoms with Gasteiger partial charge in [0.2, 0.25) is 5.91 Å². The summed E-state index contributed by atoms with van der Waals surface area (Å²) >= 11 is 0. The lowest BCUT2D eigenvalue weighted by Crippen LogP contribution is -2.48. The van der Waals surface area contributed by atoms with Crippen LogP contribution in [0.5, 0.6) is 0 Å². The van der Waals surface area contributed by atoms with Crippen molar-refractivity contribution in [2.45, 2.75) is 44.6 Å². The van der Waals surface area contributed by atoms with Crippen molar-refractivity contribution >= 4 is 5.91 Å². The molecule has 0 radical (unpaired) electrons. The second-order valence-corrected chi connectivity index (χ2v) is 6.63. The molecule has 1 fully saturated rings. The maximum absolute atomic E-state index is 13.6. The number of likely N-dealkylation sites (tertiary alicyclic amines) is 1. The van der Waals surface area contributed by atoms with Crippen LogP contribution in [0.1, 0.15) is 38.2 Å². The Labute approximate surface area is 137 Å². The predicted octanol–water partition coefficient (Wildman–Crippen LogP) is 3.49. The molecule has 1 spiro atoms. The lowest BCUT2D eigenvalue weighted by Gasteiger charge is -2.42. The maximum atomic E-state index is 13.6. The fourth-order valence-electron chi connectivity index (χ4n) is 3.50. The van der Waals surface area contributed by atoms with E-state index in [-0.39, 0.29) is 17.3 Å². The lowest BCUT2D eigenvalue weighted by atomic mass is 9.87. The first-order valence-corrected chi connectivity index (χ1v) is 8.41. The summed E-state index contributed by atoms with van der Waals surface area (Å²) in [6.07, 6.45) is 5.79. The second kappa shape index (κ2) is 6.83. The minimum Gasteiger partial charge on any atom is -0.370 e. The van der Waals surface area contributed by atoms with E-state index in [0.717, 1.165) is 39.0 Å². The zero-order valence-electron chi connectivity index (χ0n) is 13.7. The molecule has 2 heterocycles. The molecule has 3 rings (SSSR count). The molecule has 1 aromatic carbocycles. The van der Waals surface area contributed by atoms with Crippen molar-refractivity contribution in [3.8, 4) is 0 Å². The summed E-state index contributed by atoms with van der Waals surface area (Å²) in [5.41, 5.74) is 1.84. The van der Waals surface area contributed by atoms with Crippen molar-refractivity contribution < 1.29 is 13.9 Å². The number of carbonyl (C=O) groups is 1. The van der Waals surface area contributed by atoms with E-state index in [1.807, 2.05) is 11.0 Å². The number of benzene rings is 1. The summed E-state index contributed by atoms with van der Waals surface area (Å²) < 4.78 is 19.6. The number of halogens is 1. The van der Waals surface area contributed by atoms with E-state index in [0.29, 0.717) is 18.4 Å². The number of nitrogens with zero attached hydrogens (tertiary/aromatic N) is 1. The Bertz CT molecular complexity index is 603. The monoisotopic (exact) mass is 317 g/mol. The lowest BCUT2D eigenvalue weighted by molar-refractivity contribution is -0.136. The maximum Gasteiger partial charge on any atom is 0.222 e. The normalized spacial score (nSPS) is 20.4. The summed E-state index contributed by atoms with van der Waals surface area (Å²) in [5.74, 6) is -0.117. The van der Waals surface area contributed by atoms with E-state index < -0.39 is 0 Å². The highest BCUT2D eigenvalue weighted by atomic mass is 19.1. The van der Waals surface area contributed by atoms with Gasteiger partial charge in [-0.1, -0.05) is 29.8 Å². The van der Waals surface area contributed by atoms with Crippen LogP contribution in [0.25, 0.3) is 0 Å². The highest BCUT2D eigenvalue weighted by Crippen LogP contribution is 2.33. The Hall–Kier alpha value is -1.68. The Morgan fingerprint density at radius 1 is 1.30 bits per heavy atom. The molecule has 1 aromatic rings. The molecular formula is C19H24FNO2. The van der Waals surface area contributed by atoms with Gasteiger partial charge >= 0.3 is 0 Å². The van der Waals surface area contributed by atoms with Crippen molar-refractivity contribution in [2.24, 2.45) is 0 Å². The van der Waals surface area contributed by atoms with Crippen LogP contribution in [0.3, 0.4) is 0 Å². The van der Waals surface area contributed by atoms with Crippen LogP contribution in [0.4, 0.5) is 4.39 Å². The van der Waals surface area contributed by atoms with Gasteiger partial charge in [-0.2, -0.15) is 0 Å². The van der Waals surface area contributed by atoms with E-state index in [2.05, 4.69) is 13.0 Å². The van der Waals surface area contributed by atoms with Crippen molar-refractivity contribution in [1.82, 2.24) is 4.90 Å². The fourth-order valence-corrected chi connectivity index (χ4v) is 3.50. The number of amides is 1. The van der Waals surface area contributed by atoms with Gasteiger partial charge in [0, 0.05) is 19.5 Å². The Morgan fingerprint density at radius 3 is 2.74 bits per heavy atom. The van der Waals surface area contributed by atoms with Crippen LogP contribution in [-0.2, 0) is 16.0 Å². The number of rotatable bonds is 3. The molecule has 0 N–H and O–H groups in total. The molecule has 2 aliphatic heterocycles. The predicted molar refractivity (Wildman–Crippen MR) is 87.6 cm³/mol. The molecule has 0 atom stereocenters. The van der Waals surface area contributed by atoms with E-state index in [1.165, 1.54) is 11.6 Å². The minimum atomic E-state index is -0.228. The van der Waals surface area contributed by atoms with Crippen LogP contribution in [0.2, 0.25) is 0 Å². The summed E-state index contributed by atoms with van der Waals surface area (Å²) in [4.78, 5) is 14.3. The van der Waals surface area contributed by atoms with Gasteiger partial charge in [-0.25, -0.2) is 4.39 Å². The Balaban J connectivity index is 1.52. The van der Waals surface area contributed by atoms with Gasteiger partial charge in [0.25, 0.3) is 0 Å². The van der Waals surface area contributed by atoms with Crippen LogP contribution < -0.4 is 0 Å². The Kier molecular flexibility index (Phi) is 4.81. The standard InChI is InChI=1S/C19H24FNO2/c1-15-8-13-23-19(14-15)9-11-21(12-10-19)18(22)7-6-16-4-2-3-5-17(16)20/h2-5,14H,6-13H2,1H3. The molecule has 4 heteroatoms. The van der Waals surface area contributed by atoms with Crippen LogP contribution in [-0.4, -0.2) is 36.1 Å². The van der Waals surface area contributed by atoms with Gasteiger partial charge in [-0.15, -0.1) is 0 Å². The van der Waals surface area contributed by atoms with E-state index in [1.54, 1.807) is 12.1 Å². The number of hydrogen-bond acceptors (Lipinski definition) is 2. The molecule has 1 amide bonds. The van der Waals surface area contributed by atoms with Gasteiger partial charge in [0.15, 0.2) is 0 Å². The SMILES string of the molecule is CC1=CC2(CCN(C(=O)CCc3ccccc3F)CC2)OCC1. The average molecular weight is 317 g/mol. The molecule has 0 unspecified atom stereocenters. The molecule has 0 aliphatic carbocycles. The number of piperidine rings is 1. The molecule has 0 bridgehead atoms. The van der Waals surface area contributed by atoms with Crippen LogP contribution in [0.15, 0.2) is 35.9 Å². The molecule has 0 saturated carbocycles. The average Bonchev–Trinajstić information content (AvgIpc) is 2.54. The van der Waals surface area contributed by atoms with Gasteiger partial charge < -0.3 is 9.64 Å². The largest absolute Gasteiger partial charge is 0.370 e. The molecule has 23 heavy (non-hydrogen) atoms. The highest BCUT2D eigenvalue weighted by Gasteiger charge is 2.36. The molecule has 1 saturated heterocycles. The van der Waals surface area contributed by atoms with Crippen molar-refractivity contribution in [3.05, 3.63) is 47.3 Å². The fraction of sp³-hybridized carbons (Fsp3) is 0.526. The Morgan fingerprint density at radius 2 is 2.04 bits per heavy atom. The van der Waals surface area contributed by atoms with Gasteiger partial charge in [-0.05, 0) is 44.2 Å². The van der Waals surface area contributed by atoms with Gasteiger partial charge in [-0.3, -0.25) is 4.79 Å². The first-order valence-electron chi connectivity index (χ1n) is 8.41. The van der Waals surface area contributed by atoms with Crippen LogP contribution >= 0.6 is 0 Å². The van der Waals surface area contributed by atoms with E-state index >= 15 is 0 Å². The summed E-state index contributed by atoms with van der Waals surface area (Å²) in [7, 11) is 0. The third kappa shape index (κ3) is 3.81. The highest BCUT2D eigenvalue weighted by molar-refractivity contribution is 5.76. The number of aryl methyl sites for hydroxylation is 1. The van der Waals surface area contributed by atoms with Gasteiger partial charge in [0.05, 0.1) is 12.2 Å². The third-order valence-electron chi connectivity index (χ3n) is 4.92. The number of ether oxygens (including phenoxy) is 1. The number of hydrogen-bond donors (Lipinski definition) is 0. The summed E-state index contributed by atoms with van der Waals surface area (Å²) in [5, 5.41) is 0. The zero-order valence-corrected chi connectivity index (χ0v) is 13.7. The second-order valence-electron chi connectivity index (χ2n) is 6.63. The number of carbonyl (C=O) groups excluding carboxylic acids is 1. The van der Waals surface area contributed by atoms with Crippen LogP contribution in [0, 0.1) is 5.82 Å². The quantitative estimate of drug-likeness (QED) is 0.799. The summed E-state index contributed by atoms with van der Waals surface area (Å²) in [6.45, 7) is 4.37. The molecular weight excluding hydrogens is 293 g/mol. The molecule has 2 aliphatic rings. The zero-order chi connectivity index (χ0) is 16.3.